The number of esters is 1. The van der Waals surface area contributed by atoms with E-state index in [1.807, 2.05) is 0 Å². The average Bonchev–Trinajstić information content (AvgIpc) is 2.29. The van der Waals surface area contributed by atoms with Crippen LogP contribution in [-0.2, 0) is 23.9 Å². The third-order valence-corrected chi connectivity index (χ3v) is 2.06. The van der Waals surface area contributed by atoms with Crippen LogP contribution in [0.5, 0.6) is 0 Å². The first-order valence-electron chi connectivity index (χ1n) is 6.06. The van der Waals surface area contributed by atoms with Crippen LogP contribution in [0.1, 0.15) is 33.6 Å². The van der Waals surface area contributed by atoms with Gasteiger partial charge in [0.2, 0.25) is 12.3 Å². The third-order valence-electron chi connectivity index (χ3n) is 2.06. The molecule has 0 rings (SSSR count). The van der Waals surface area contributed by atoms with Gasteiger partial charge in [0.05, 0.1) is 0 Å². The molecule has 0 aliphatic carbocycles. The lowest BCUT2D eigenvalue weighted by molar-refractivity contribution is -0.155. The van der Waals surface area contributed by atoms with Gasteiger partial charge in [-0.1, -0.05) is 0 Å². The molecule has 0 saturated heterocycles. The molecule has 8 heteroatoms. The number of hydrogen-bond donors (Lipinski definition) is 3. The molecule has 0 aliphatic rings. The molecule has 0 bridgehead atoms. The van der Waals surface area contributed by atoms with E-state index in [9.17, 15) is 19.2 Å². The Morgan fingerprint density at radius 2 is 1.90 bits per heavy atom. The highest BCUT2D eigenvalue weighted by Gasteiger charge is 2.22. The molecule has 3 N–H and O–H groups in total. The number of hydrogen-bond acceptors (Lipinski definition) is 5. The summed E-state index contributed by atoms with van der Waals surface area (Å²) < 4.78 is 5.06. The molecule has 0 fully saturated rings. The van der Waals surface area contributed by atoms with Gasteiger partial charge in [0.15, 0.2) is 0 Å². The predicted octanol–water partition coefficient (Wildman–Crippen LogP) is -0.576. The molecule has 0 aliphatic heterocycles. The Labute approximate surface area is 116 Å². The van der Waals surface area contributed by atoms with Gasteiger partial charge in [-0.15, -0.1) is 0 Å². The molecular weight excluding hydrogens is 268 g/mol. The van der Waals surface area contributed by atoms with Crippen molar-refractivity contribution in [2.75, 3.05) is 6.54 Å². The van der Waals surface area contributed by atoms with Crippen LogP contribution < -0.4 is 10.6 Å². The van der Waals surface area contributed by atoms with Crippen molar-refractivity contribution in [1.82, 2.24) is 10.6 Å². The topological polar surface area (TPSA) is 122 Å². The van der Waals surface area contributed by atoms with Crippen LogP contribution in [0, 0.1) is 0 Å². The summed E-state index contributed by atoms with van der Waals surface area (Å²) >= 11 is 0. The number of aliphatic carboxylic acids is 1. The van der Waals surface area contributed by atoms with E-state index in [4.69, 9.17) is 9.84 Å². The van der Waals surface area contributed by atoms with Gasteiger partial charge in [-0.05, 0) is 27.2 Å². The van der Waals surface area contributed by atoms with Crippen molar-refractivity contribution in [2.24, 2.45) is 0 Å². The molecule has 8 nitrogen and oxygen atoms in total. The quantitative estimate of drug-likeness (QED) is 0.406. The fraction of sp³-hybridized carbons (Fsp3) is 0.667. The molecule has 0 aromatic carbocycles. The monoisotopic (exact) mass is 288 g/mol. The average molecular weight is 288 g/mol. The minimum atomic E-state index is -1.20. The van der Waals surface area contributed by atoms with Gasteiger partial charge < -0.3 is 20.5 Å². The molecular formula is C12H20N2O6. The van der Waals surface area contributed by atoms with Crippen LogP contribution in [0.2, 0.25) is 0 Å². The van der Waals surface area contributed by atoms with E-state index in [0.717, 1.165) is 0 Å². The lowest BCUT2D eigenvalue weighted by atomic mass is 10.1. The summed E-state index contributed by atoms with van der Waals surface area (Å²) in [6.07, 6.45) is 0.280. The van der Waals surface area contributed by atoms with Crippen LogP contribution in [-0.4, -0.2) is 47.6 Å². The van der Waals surface area contributed by atoms with Crippen LogP contribution in [0.25, 0.3) is 0 Å². The van der Waals surface area contributed by atoms with Crippen molar-refractivity contribution in [3.63, 3.8) is 0 Å². The molecule has 1 unspecified atom stereocenters. The Kier molecular flexibility index (Phi) is 7.27. The van der Waals surface area contributed by atoms with Crippen molar-refractivity contribution in [3.05, 3.63) is 0 Å². The first-order chi connectivity index (χ1) is 9.15. The van der Waals surface area contributed by atoms with E-state index in [-0.39, 0.29) is 12.8 Å². The normalized spacial score (nSPS) is 12.2. The summed E-state index contributed by atoms with van der Waals surface area (Å²) in [5.41, 5.74) is -0.629. The number of carbonyl (C=O) groups is 4. The van der Waals surface area contributed by atoms with E-state index in [1.165, 1.54) is 0 Å². The number of carboxylic acid groups (broad SMARTS) is 1. The first-order valence-corrected chi connectivity index (χ1v) is 6.06. The first kappa shape index (κ1) is 17.9. The van der Waals surface area contributed by atoms with Crippen molar-refractivity contribution < 1.29 is 29.0 Å². The van der Waals surface area contributed by atoms with Gasteiger partial charge in [-0.25, -0.2) is 0 Å². The van der Waals surface area contributed by atoms with Gasteiger partial charge in [-0.2, -0.15) is 0 Å². The molecule has 0 radical (unpaired) electrons. The summed E-state index contributed by atoms with van der Waals surface area (Å²) in [6.45, 7) is 4.59. The molecule has 114 valence electrons. The second-order valence-corrected chi connectivity index (χ2v) is 5.07. The Balaban J connectivity index is 4.33. The van der Waals surface area contributed by atoms with Gasteiger partial charge in [0.1, 0.15) is 18.2 Å². The molecule has 0 aromatic heterocycles. The Hall–Kier alpha value is -2.12. The largest absolute Gasteiger partial charge is 0.480 e. The van der Waals surface area contributed by atoms with Crippen molar-refractivity contribution >= 4 is 24.3 Å². The maximum Gasteiger partial charge on any atom is 0.322 e. The smallest absolute Gasteiger partial charge is 0.322 e. The summed E-state index contributed by atoms with van der Waals surface area (Å²) in [7, 11) is 0. The van der Waals surface area contributed by atoms with Crippen LogP contribution >= 0.6 is 0 Å². The molecule has 0 aromatic rings. The van der Waals surface area contributed by atoms with E-state index in [2.05, 4.69) is 10.6 Å². The molecule has 1 atom stereocenters. The van der Waals surface area contributed by atoms with Gasteiger partial charge in [0, 0.05) is 6.42 Å². The number of amides is 2. The standard InChI is InChI=1S/C12H20N2O6/c1-12(2,3)20-10(18)5-4-8(14-7-15)11(19)13-6-9(16)17/h7-8H,4-6H2,1-3H3,(H,13,19)(H,14,15)(H,16,17). The number of carbonyl (C=O) groups excluding carboxylic acids is 3. The van der Waals surface area contributed by atoms with Gasteiger partial charge in [0.25, 0.3) is 0 Å². The lowest BCUT2D eigenvalue weighted by Gasteiger charge is -2.20. The molecule has 0 saturated carbocycles. The number of carboxylic acids is 1. The zero-order valence-corrected chi connectivity index (χ0v) is 11.8. The molecule has 2 amide bonds. The fourth-order valence-corrected chi connectivity index (χ4v) is 1.31. The number of nitrogens with one attached hydrogen (secondary N) is 2. The second-order valence-electron chi connectivity index (χ2n) is 5.07. The van der Waals surface area contributed by atoms with Crippen LogP contribution in [0.3, 0.4) is 0 Å². The maximum absolute atomic E-state index is 11.6. The van der Waals surface area contributed by atoms with Gasteiger partial charge in [-0.3, -0.25) is 19.2 Å². The summed E-state index contributed by atoms with van der Waals surface area (Å²) in [6, 6.07) is -0.973. The van der Waals surface area contributed by atoms with Crippen molar-refractivity contribution in [1.29, 1.82) is 0 Å². The maximum atomic E-state index is 11.6. The molecule has 20 heavy (non-hydrogen) atoms. The Morgan fingerprint density at radius 3 is 2.35 bits per heavy atom. The SMILES string of the molecule is CC(C)(C)OC(=O)CCC(NC=O)C(=O)NCC(=O)O. The van der Waals surface area contributed by atoms with Crippen LogP contribution in [0.4, 0.5) is 0 Å². The fourth-order valence-electron chi connectivity index (χ4n) is 1.31. The second kappa shape index (κ2) is 8.13. The highest BCUT2D eigenvalue weighted by atomic mass is 16.6. The Morgan fingerprint density at radius 1 is 1.30 bits per heavy atom. The minimum absolute atomic E-state index is 0.0269. The van der Waals surface area contributed by atoms with E-state index in [1.54, 1.807) is 20.8 Å². The molecule has 0 heterocycles. The molecule has 0 spiro atoms. The predicted molar refractivity (Wildman–Crippen MR) is 68.7 cm³/mol. The number of ether oxygens (including phenoxy) is 1. The summed E-state index contributed by atoms with van der Waals surface area (Å²) in [5.74, 6) is -2.36. The van der Waals surface area contributed by atoms with E-state index >= 15 is 0 Å². The van der Waals surface area contributed by atoms with Gasteiger partial charge >= 0.3 is 11.9 Å². The van der Waals surface area contributed by atoms with Crippen molar-refractivity contribution in [3.8, 4) is 0 Å². The number of rotatable bonds is 8. The summed E-state index contributed by atoms with van der Waals surface area (Å²) in [5, 5.41) is 12.8. The lowest BCUT2D eigenvalue weighted by Crippen LogP contribution is -2.45. The minimum Gasteiger partial charge on any atom is -0.480 e. The van der Waals surface area contributed by atoms with E-state index < -0.39 is 36.0 Å². The van der Waals surface area contributed by atoms with Crippen LogP contribution in [0.15, 0.2) is 0 Å². The zero-order valence-electron chi connectivity index (χ0n) is 11.8. The van der Waals surface area contributed by atoms with Crippen molar-refractivity contribution in [2.45, 2.75) is 45.3 Å². The highest BCUT2D eigenvalue weighted by Crippen LogP contribution is 2.10. The highest BCUT2D eigenvalue weighted by molar-refractivity contribution is 5.87. The Bertz CT molecular complexity index is 375. The third kappa shape index (κ3) is 8.90. The summed E-state index contributed by atoms with van der Waals surface area (Å²) in [4.78, 5) is 43.8. The zero-order chi connectivity index (χ0) is 15.8. The van der Waals surface area contributed by atoms with E-state index in [0.29, 0.717) is 6.41 Å².